The van der Waals surface area contributed by atoms with Gasteiger partial charge in [0, 0.05) is 25.3 Å². The summed E-state index contributed by atoms with van der Waals surface area (Å²) >= 11 is 0. The first-order valence-electron chi connectivity index (χ1n) is 6.23. The summed E-state index contributed by atoms with van der Waals surface area (Å²) in [4.78, 5) is 3.09. The van der Waals surface area contributed by atoms with E-state index >= 15 is 0 Å². The van der Waals surface area contributed by atoms with E-state index in [1.54, 1.807) is 11.8 Å². The number of piperazine rings is 1. The van der Waals surface area contributed by atoms with E-state index in [0.717, 1.165) is 0 Å². The van der Waals surface area contributed by atoms with Crippen molar-refractivity contribution in [3.63, 3.8) is 0 Å². The first kappa shape index (κ1) is 14.1. The van der Waals surface area contributed by atoms with Crippen LogP contribution in [0.2, 0.25) is 0 Å². The summed E-state index contributed by atoms with van der Waals surface area (Å²) in [5.41, 5.74) is 0.631. The summed E-state index contributed by atoms with van der Waals surface area (Å²) in [6.07, 6.45) is -4.24. The van der Waals surface area contributed by atoms with Crippen LogP contribution < -0.4 is 4.90 Å². The van der Waals surface area contributed by atoms with E-state index in [1.807, 2.05) is 0 Å². The third-order valence-corrected chi connectivity index (χ3v) is 3.47. The van der Waals surface area contributed by atoms with Gasteiger partial charge in [-0.2, -0.15) is 13.2 Å². The summed E-state index contributed by atoms with van der Waals surface area (Å²) in [5, 5.41) is 0. The Morgan fingerprint density at radius 3 is 2.32 bits per heavy atom. The van der Waals surface area contributed by atoms with Gasteiger partial charge < -0.3 is 4.90 Å². The Morgan fingerprint density at radius 2 is 1.79 bits per heavy atom. The van der Waals surface area contributed by atoms with Crippen LogP contribution in [0.5, 0.6) is 0 Å². The van der Waals surface area contributed by atoms with Gasteiger partial charge in [0.15, 0.2) is 0 Å². The maximum absolute atomic E-state index is 13.0. The molecule has 0 bridgehead atoms. The van der Waals surface area contributed by atoms with Gasteiger partial charge in [0.1, 0.15) is 11.9 Å². The highest BCUT2D eigenvalue weighted by Crippen LogP contribution is 2.29. The van der Waals surface area contributed by atoms with Crippen molar-refractivity contribution in [2.45, 2.75) is 19.1 Å². The predicted octanol–water partition coefficient (Wildman–Crippen LogP) is 2.90. The van der Waals surface area contributed by atoms with E-state index in [2.05, 4.69) is 0 Å². The van der Waals surface area contributed by atoms with Crippen LogP contribution in [0.25, 0.3) is 0 Å². The van der Waals surface area contributed by atoms with E-state index in [9.17, 15) is 17.6 Å². The van der Waals surface area contributed by atoms with Crippen LogP contribution in [0.3, 0.4) is 0 Å². The number of hydrogen-bond donors (Lipinski definition) is 0. The molecule has 0 spiro atoms. The molecule has 1 fully saturated rings. The highest BCUT2D eigenvalue weighted by Gasteiger charge is 2.45. The van der Waals surface area contributed by atoms with Crippen LogP contribution in [0.1, 0.15) is 6.92 Å². The van der Waals surface area contributed by atoms with Crippen LogP contribution in [0.15, 0.2) is 24.3 Å². The van der Waals surface area contributed by atoms with E-state index in [0.29, 0.717) is 25.3 Å². The number of alkyl halides is 3. The normalized spacial score (nSPS) is 21.7. The summed E-state index contributed by atoms with van der Waals surface area (Å²) in [5.74, 6) is -0.386. The molecule has 1 aliphatic rings. The Labute approximate surface area is 109 Å². The molecule has 106 valence electrons. The highest BCUT2D eigenvalue weighted by molar-refractivity contribution is 5.47. The van der Waals surface area contributed by atoms with Crippen LogP contribution in [-0.2, 0) is 0 Å². The van der Waals surface area contributed by atoms with Crippen molar-refractivity contribution in [2.75, 3.05) is 31.1 Å². The highest BCUT2D eigenvalue weighted by atomic mass is 19.4. The minimum atomic E-state index is -4.24. The van der Waals surface area contributed by atoms with E-state index in [4.69, 9.17) is 0 Å². The lowest BCUT2D eigenvalue weighted by molar-refractivity contribution is -0.184. The van der Waals surface area contributed by atoms with E-state index < -0.39 is 12.2 Å². The van der Waals surface area contributed by atoms with Crippen LogP contribution in [-0.4, -0.2) is 43.3 Å². The molecule has 1 unspecified atom stereocenters. The Morgan fingerprint density at radius 1 is 1.16 bits per heavy atom. The van der Waals surface area contributed by atoms with Gasteiger partial charge in [-0.25, -0.2) is 4.39 Å². The fourth-order valence-corrected chi connectivity index (χ4v) is 2.40. The average Bonchev–Trinajstić information content (AvgIpc) is 2.38. The Balaban J connectivity index is 2.15. The Bertz CT molecular complexity index is 416. The van der Waals surface area contributed by atoms with E-state index in [1.165, 1.54) is 29.2 Å². The molecular formula is C13H16F4N2. The molecule has 0 N–H and O–H groups in total. The molecule has 1 aromatic rings. The van der Waals surface area contributed by atoms with Gasteiger partial charge in [0.05, 0.1) is 0 Å². The third-order valence-electron chi connectivity index (χ3n) is 3.47. The van der Waals surface area contributed by atoms with Crippen LogP contribution in [0, 0.1) is 5.82 Å². The van der Waals surface area contributed by atoms with Crippen molar-refractivity contribution in [2.24, 2.45) is 0 Å². The number of likely N-dealkylation sites (N-methyl/N-ethyl adjacent to an activating group) is 1. The molecular weight excluding hydrogens is 260 g/mol. The van der Waals surface area contributed by atoms with Gasteiger partial charge in [-0.3, -0.25) is 4.90 Å². The summed E-state index contributed by atoms with van der Waals surface area (Å²) in [6.45, 7) is 2.88. The van der Waals surface area contributed by atoms with Gasteiger partial charge in [-0.05, 0) is 30.8 Å². The molecule has 1 atom stereocenters. The second-order valence-corrected chi connectivity index (χ2v) is 4.61. The fourth-order valence-electron chi connectivity index (χ4n) is 2.40. The first-order valence-corrected chi connectivity index (χ1v) is 6.23. The fraction of sp³-hybridized carbons (Fsp3) is 0.538. The monoisotopic (exact) mass is 276 g/mol. The smallest absolute Gasteiger partial charge is 0.368 e. The molecule has 6 heteroatoms. The van der Waals surface area contributed by atoms with Gasteiger partial charge >= 0.3 is 6.18 Å². The molecule has 0 aliphatic carbocycles. The van der Waals surface area contributed by atoms with Crippen LogP contribution in [0.4, 0.5) is 23.2 Å². The van der Waals surface area contributed by atoms with Gasteiger partial charge in [0.2, 0.25) is 0 Å². The molecule has 1 aliphatic heterocycles. The SMILES string of the molecule is CCN1CCN(c2ccc(F)cc2)CC1C(F)(F)F. The predicted molar refractivity (Wildman–Crippen MR) is 65.7 cm³/mol. The number of benzene rings is 1. The number of nitrogens with zero attached hydrogens (tertiary/aromatic N) is 2. The van der Waals surface area contributed by atoms with Crippen molar-refractivity contribution in [3.8, 4) is 0 Å². The molecule has 2 rings (SSSR count). The molecule has 0 amide bonds. The van der Waals surface area contributed by atoms with Gasteiger partial charge in [-0.1, -0.05) is 6.92 Å². The molecule has 0 radical (unpaired) electrons. The van der Waals surface area contributed by atoms with Crippen molar-refractivity contribution in [3.05, 3.63) is 30.1 Å². The number of halogens is 4. The summed E-state index contributed by atoms with van der Waals surface area (Å²) in [6, 6.07) is 4.11. The quantitative estimate of drug-likeness (QED) is 0.766. The van der Waals surface area contributed by atoms with Crippen molar-refractivity contribution >= 4 is 5.69 Å². The minimum Gasteiger partial charge on any atom is -0.368 e. The minimum absolute atomic E-state index is 0.108. The lowest BCUT2D eigenvalue weighted by atomic mass is 10.1. The number of hydrogen-bond acceptors (Lipinski definition) is 2. The maximum Gasteiger partial charge on any atom is 0.405 e. The van der Waals surface area contributed by atoms with Crippen molar-refractivity contribution in [1.82, 2.24) is 4.90 Å². The lowest BCUT2D eigenvalue weighted by Gasteiger charge is -2.42. The molecule has 19 heavy (non-hydrogen) atoms. The molecule has 2 nitrogen and oxygen atoms in total. The second-order valence-electron chi connectivity index (χ2n) is 4.61. The largest absolute Gasteiger partial charge is 0.405 e. The second kappa shape index (κ2) is 5.36. The summed E-state index contributed by atoms with van der Waals surface area (Å²) in [7, 11) is 0. The zero-order chi connectivity index (χ0) is 14.0. The van der Waals surface area contributed by atoms with Crippen molar-refractivity contribution in [1.29, 1.82) is 0 Å². The molecule has 1 saturated heterocycles. The van der Waals surface area contributed by atoms with Crippen molar-refractivity contribution < 1.29 is 17.6 Å². The Hall–Kier alpha value is -1.30. The lowest BCUT2D eigenvalue weighted by Crippen LogP contribution is -2.59. The number of rotatable bonds is 2. The zero-order valence-electron chi connectivity index (χ0n) is 10.6. The average molecular weight is 276 g/mol. The molecule has 0 saturated carbocycles. The molecule has 1 aromatic carbocycles. The summed E-state index contributed by atoms with van der Waals surface area (Å²) < 4.78 is 51.8. The maximum atomic E-state index is 13.0. The zero-order valence-corrected chi connectivity index (χ0v) is 10.6. The van der Waals surface area contributed by atoms with Gasteiger partial charge in [0.25, 0.3) is 0 Å². The molecule has 0 aromatic heterocycles. The first-order chi connectivity index (χ1) is 8.91. The van der Waals surface area contributed by atoms with E-state index in [-0.39, 0.29) is 12.4 Å². The number of anilines is 1. The third kappa shape index (κ3) is 3.18. The molecule has 1 heterocycles. The van der Waals surface area contributed by atoms with Gasteiger partial charge in [-0.15, -0.1) is 0 Å². The topological polar surface area (TPSA) is 6.48 Å². The van der Waals surface area contributed by atoms with Crippen LogP contribution >= 0.6 is 0 Å². The standard InChI is InChI=1S/C13H16F4N2/c1-2-18-7-8-19(9-12(18)13(15,16)17)11-5-3-10(14)4-6-11/h3-6,12H,2,7-9H2,1H3. The Kier molecular flexibility index (Phi) is 3.99.